The number of hydrogen-bond acceptors (Lipinski definition) is 4. The number of methoxy groups -OCH3 is 1. The predicted octanol–water partition coefficient (Wildman–Crippen LogP) is 4.14. The standard InChI is InChI=1S/C16H22O2S2/c1-17-15-4-3-13(16-19-7-2-8-20-16)10-14(15)9-12-5-6-18-11-12/h3-4,10,12,16H,2,5-9,11H2,1H3/t12-/m0/s1. The molecule has 0 radical (unpaired) electrons. The lowest BCUT2D eigenvalue weighted by atomic mass is 9.97. The van der Waals surface area contributed by atoms with Crippen LogP contribution in [0.4, 0.5) is 0 Å². The van der Waals surface area contributed by atoms with E-state index in [4.69, 9.17) is 9.47 Å². The first-order valence-electron chi connectivity index (χ1n) is 7.34. The third-order valence-corrected chi connectivity index (χ3v) is 6.95. The van der Waals surface area contributed by atoms with Gasteiger partial charge in [0.1, 0.15) is 5.75 Å². The highest BCUT2D eigenvalue weighted by Gasteiger charge is 2.21. The number of thioether (sulfide) groups is 2. The Morgan fingerprint density at radius 3 is 2.85 bits per heavy atom. The summed E-state index contributed by atoms with van der Waals surface area (Å²) in [6.07, 6.45) is 3.60. The molecule has 4 heteroatoms. The second-order valence-corrected chi connectivity index (χ2v) is 8.16. The quantitative estimate of drug-likeness (QED) is 0.831. The Balaban J connectivity index is 1.78. The SMILES string of the molecule is COc1ccc(C2SCCCS2)cc1C[C@@H]1CCOC1. The molecule has 2 aliphatic rings. The largest absolute Gasteiger partial charge is 0.496 e. The van der Waals surface area contributed by atoms with Crippen LogP contribution in [-0.4, -0.2) is 31.8 Å². The first-order chi connectivity index (χ1) is 9.86. The monoisotopic (exact) mass is 310 g/mol. The van der Waals surface area contributed by atoms with E-state index in [9.17, 15) is 0 Å². The molecule has 110 valence electrons. The van der Waals surface area contributed by atoms with Crippen molar-refractivity contribution in [2.45, 2.75) is 23.8 Å². The lowest BCUT2D eigenvalue weighted by molar-refractivity contribution is 0.185. The maximum Gasteiger partial charge on any atom is 0.122 e. The van der Waals surface area contributed by atoms with Gasteiger partial charge in [0.25, 0.3) is 0 Å². The summed E-state index contributed by atoms with van der Waals surface area (Å²) in [6.45, 7) is 1.82. The predicted molar refractivity (Wildman–Crippen MR) is 87.9 cm³/mol. The highest BCUT2D eigenvalue weighted by molar-refractivity contribution is 8.16. The number of hydrogen-bond donors (Lipinski definition) is 0. The summed E-state index contributed by atoms with van der Waals surface area (Å²) in [4.78, 5) is 0. The van der Waals surface area contributed by atoms with Crippen molar-refractivity contribution in [3.8, 4) is 5.75 Å². The lowest BCUT2D eigenvalue weighted by Gasteiger charge is -2.22. The number of benzene rings is 1. The highest BCUT2D eigenvalue weighted by atomic mass is 32.2. The van der Waals surface area contributed by atoms with E-state index in [-0.39, 0.29) is 0 Å². The van der Waals surface area contributed by atoms with Gasteiger partial charge in [-0.05, 0) is 53.9 Å². The molecule has 2 fully saturated rings. The van der Waals surface area contributed by atoms with E-state index in [0.29, 0.717) is 10.5 Å². The molecule has 1 aromatic carbocycles. The van der Waals surface area contributed by atoms with Gasteiger partial charge < -0.3 is 9.47 Å². The van der Waals surface area contributed by atoms with Gasteiger partial charge in [0.2, 0.25) is 0 Å². The minimum atomic E-state index is 0.605. The Morgan fingerprint density at radius 1 is 1.30 bits per heavy atom. The van der Waals surface area contributed by atoms with Crippen molar-refractivity contribution in [3.05, 3.63) is 29.3 Å². The average Bonchev–Trinajstić information content (AvgIpc) is 3.01. The van der Waals surface area contributed by atoms with Crippen molar-refractivity contribution < 1.29 is 9.47 Å². The molecule has 2 nitrogen and oxygen atoms in total. The second-order valence-electron chi connectivity index (χ2n) is 5.43. The van der Waals surface area contributed by atoms with E-state index in [1.165, 1.54) is 35.5 Å². The molecule has 20 heavy (non-hydrogen) atoms. The van der Waals surface area contributed by atoms with Crippen LogP contribution in [0.3, 0.4) is 0 Å². The van der Waals surface area contributed by atoms with Crippen LogP contribution >= 0.6 is 23.5 Å². The van der Waals surface area contributed by atoms with Gasteiger partial charge in [0.05, 0.1) is 11.7 Å². The fraction of sp³-hybridized carbons (Fsp3) is 0.625. The molecule has 0 amide bonds. The van der Waals surface area contributed by atoms with Gasteiger partial charge in [-0.2, -0.15) is 0 Å². The minimum absolute atomic E-state index is 0.605. The van der Waals surface area contributed by atoms with E-state index >= 15 is 0 Å². The smallest absolute Gasteiger partial charge is 0.122 e. The Hall–Kier alpha value is -0.320. The van der Waals surface area contributed by atoms with Crippen LogP contribution < -0.4 is 4.74 Å². The average molecular weight is 310 g/mol. The number of ether oxygens (including phenoxy) is 2. The molecular weight excluding hydrogens is 288 g/mol. The second kappa shape index (κ2) is 7.10. The molecule has 2 heterocycles. The molecule has 0 saturated carbocycles. The van der Waals surface area contributed by atoms with Crippen LogP contribution in [0.25, 0.3) is 0 Å². The van der Waals surface area contributed by atoms with Gasteiger partial charge in [-0.1, -0.05) is 12.1 Å². The fourth-order valence-corrected chi connectivity index (χ4v) is 5.71. The zero-order chi connectivity index (χ0) is 13.8. The van der Waals surface area contributed by atoms with Crippen molar-refractivity contribution >= 4 is 23.5 Å². The van der Waals surface area contributed by atoms with Crippen molar-refractivity contribution in [1.29, 1.82) is 0 Å². The fourth-order valence-electron chi connectivity index (χ4n) is 2.84. The maximum absolute atomic E-state index is 5.54. The van der Waals surface area contributed by atoms with Gasteiger partial charge in [-0.3, -0.25) is 0 Å². The van der Waals surface area contributed by atoms with Gasteiger partial charge in [-0.15, -0.1) is 23.5 Å². The molecule has 2 saturated heterocycles. The highest BCUT2D eigenvalue weighted by Crippen LogP contribution is 2.44. The summed E-state index contributed by atoms with van der Waals surface area (Å²) in [5, 5.41) is 0. The van der Waals surface area contributed by atoms with Gasteiger partial charge in [0.15, 0.2) is 0 Å². The van der Waals surface area contributed by atoms with Crippen molar-refractivity contribution in [2.75, 3.05) is 31.8 Å². The molecule has 0 N–H and O–H groups in total. The van der Waals surface area contributed by atoms with Crippen LogP contribution in [0, 0.1) is 5.92 Å². The maximum atomic E-state index is 5.54. The van der Waals surface area contributed by atoms with E-state index < -0.39 is 0 Å². The first kappa shape index (κ1) is 14.6. The summed E-state index contributed by atoms with van der Waals surface area (Å²) >= 11 is 4.16. The summed E-state index contributed by atoms with van der Waals surface area (Å²) in [7, 11) is 1.77. The molecule has 2 aliphatic heterocycles. The number of rotatable bonds is 4. The topological polar surface area (TPSA) is 18.5 Å². The Morgan fingerprint density at radius 2 is 2.15 bits per heavy atom. The Labute approximate surface area is 130 Å². The van der Waals surface area contributed by atoms with Crippen LogP contribution in [0.1, 0.15) is 28.6 Å². The van der Waals surface area contributed by atoms with Crippen LogP contribution in [-0.2, 0) is 11.2 Å². The molecule has 0 spiro atoms. The normalized spacial score (nSPS) is 23.9. The molecule has 1 aromatic rings. The Kier molecular flexibility index (Phi) is 5.19. The third kappa shape index (κ3) is 3.46. The zero-order valence-electron chi connectivity index (χ0n) is 12.0. The first-order valence-corrected chi connectivity index (χ1v) is 9.44. The van der Waals surface area contributed by atoms with E-state index in [1.54, 1.807) is 7.11 Å². The molecule has 0 unspecified atom stereocenters. The van der Waals surface area contributed by atoms with Gasteiger partial charge in [-0.25, -0.2) is 0 Å². The molecule has 1 atom stereocenters. The van der Waals surface area contributed by atoms with Crippen molar-refractivity contribution in [3.63, 3.8) is 0 Å². The molecular formula is C16H22O2S2. The summed E-state index contributed by atoms with van der Waals surface area (Å²) in [6, 6.07) is 6.76. The summed E-state index contributed by atoms with van der Waals surface area (Å²) < 4.78 is 11.6. The van der Waals surface area contributed by atoms with Crippen molar-refractivity contribution in [1.82, 2.24) is 0 Å². The Bertz CT molecular complexity index is 438. The molecule has 0 aliphatic carbocycles. The minimum Gasteiger partial charge on any atom is -0.496 e. The van der Waals surface area contributed by atoms with E-state index in [1.807, 2.05) is 0 Å². The van der Waals surface area contributed by atoms with Crippen molar-refractivity contribution in [2.24, 2.45) is 5.92 Å². The van der Waals surface area contributed by atoms with Crippen LogP contribution in [0.15, 0.2) is 18.2 Å². The third-order valence-electron chi connectivity index (χ3n) is 3.94. The molecule has 0 bridgehead atoms. The summed E-state index contributed by atoms with van der Waals surface area (Å²) in [5.41, 5.74) is 2.81. The van der Waals surface area contributed by atoms with E-state index in [2.05, 4.69) is 41.7 Å². The van der Waals surface area contributed by atoms with E-state index in [0.717, 1.165) is 25.4 Å². The zero-order valence-corrected chi connectivity index (χ0v) is 13.6. The molecule has 3 rings (SSSR count). The lowest BCUT2D eigenvalue weighted by Crippen LogP contribution is -2.07. The van der Waals surface area contributed by atoms with Gasteiger partial charge in [0, 0.05) is 13.2 Å². The summed E-state index contributed by atoms with van der Waals surface area (Å²) in [5.74, 6) is 4.27. The van der Waals surface area contributed by atoms with Crippen LogP contribution in [0.2, 0.25) is 0 Å². The molecule has 0 aromatic heterocycles. The van der Waals surface area contributed by atoms with Gasteiger partial charge >= 0.3 is 0 Å². The van der Waals surface area contributed by atoms with Crippen LogP contribution in [0.5, 0.6) is 5.75 Å².